The predicted octanol–water partition coefficient (Wildman–Crippen LogP) is 1.09. The molecule has 0 aliphatic heterocycles. The second-order valence-electron chi connectivity index (χ2n) is 4.36. The molecule has 1 aromatic rings. The SMILES string of the molecule is CCCN(CCO)S(=O)(=O)c1cccc(C(=O)O)c1C. The molecule has 0 aliphatic carbocycles. The third-order valence-electron chi connectivity index (χ3n) is 2.95. The first-order chi connectivity index (χ1) is 9.36. The van der Waals surface area contributed by atoms with Gasteiger partial charge >= 0.3 is 5.97 Å². The molecule has 0 unspecified atom stereocenters. The summed E-state index contributed by atoms with van der Waals surface area (Å²) in [6, 6.07) is 4.16. The zero-order valence-corrected chi connectivity index (χ0v) is 12.4. The molecule has 0 saturated carbocycles. The van der Waals surface area contributed by atoms with E-state index in [4.69, 9.17) is 10.2 Å². The Morgan fingerprint density at radius 2 is 1.95 bits per heavy atom. The molecule has 0 atom stereocenters. The first kappa shape index (κ1) is 16.6. The van der Waals surface area contributed by atoms with E-state index in [1.807, 2.05) is 6.92 Å². The lowest BCUT2D eigenvalue weighted by Crippen LogP contribution is -2.34. The number of sulfonamides is 1. The maximum Gasteiger partial charge on any atom is 0.335 e. The summed E-state index contributed by atoms with van der Waals surface area (Å²) in [5.41, 5.74) is 0.172. The van der Waals surface area contributed by atoms with E-state index in [1.54, 1.807) is 0 Å². The predicted molar refractivity (Wildman–Crippen MR) is 74.3 cm³/mol. The standard InChI is InChI=1S/C13H19NO5S/c1-3-7-14(8-9-15)20(18,19)12-6-4-5-11(10(12)2)13(16)17/h4-6,15H,3,7-9H2,1-2H3,(H,16,17). The van der Waals surface area contributed by atoms with E-state index < -0.39 is 16.0 Å². The summed E-state index contributed by atoms with van der Waals surface area (Å²) in [6.45, 7) is 3.29. The van der Waals surface area contributed by atoms with E-state index in [9.17, 15) is 13.2 Å². The minimum Gasteiger partial charge on any atom is -0.478 e. The van der Waals surface area contributed by atoms with Crippen molar-refractivity contribution in [1.29, 1.82) is 0 Å². The van der Waals surface area contributed by atoms with Crippen LogP contribution in [0.5, 0.6) is 0 Å². The van der Waals surface area contributed by atoms with Crippen LogP contribution in [0.3, 0.4) is 0 Å². The molecular formula is C13H19NO5S. The fourth-order valence-electron chi connectivity index (χ4n) is 1.98. The lowest BCUT2D eigenvalue weighted by molar-refractivity contribution is 0.0695. The number of benzene rings is 1. The van der Waals surface area contributed by atoms with Crippen molar-refractivity contribution >= 4 is 16.0 Å². The highest BCUT2D eigenvalue weighted by atomic mass is 32.2. The Hall–Kier alpha value is -1.44. The normalized spacial score (nSPS) is 11.8. The van der Waals surface area contributed by atoms with Gasteiger partial charge in [-0.1, -0.05) is 13.0 Å². The van der Waals surface area contributed by atoms with Gasteiger partial charge in [0.1, 0.15) is 0 Å². The molecule has 0 amide bonds. The smallest absolute Gasteiger partial charge is 0.335 e. The van der Waals surface area contributed by atoms with Crippen LogP contribution in [0.2, 0.25) is 0 Å². The molecule has 20 heavy (non-hydrogen) atoms. The topological polar surface area (TPSA) is 94.9 Å². The lowest BCUT2D eigenvalue weighted by atomic mass is 10.1. The van der Waals surface area contributed by atoms with Gasteiger partial charge in [-0.2, -0.15) is 4.31 Å². The summed E-state index contributed by atoms with van der Waals surface area (Å²) in [5, 5.41) is 18.0. The van der Waals surface area contributed by atoms with Crippen molar-refractivity contribution < 1.29 is 23.4 Å². The van der Waals surface area contributed by atoms with Crippen LogP contribution in [-0.2, 0) is 10.0 Å². The lowest BCUT2D eigenvalue weighted by Gasteiger charge is -2.22. The molecule has 1 rings (SSSR count). The van der Waals surface area contributed by atoms with Crippen LogP contribution in [0.1, 0.15) is 29.3 Å². The molecular weight excluding hydrogens is 282 g/mol. The number of rotatable bonds is 7. The van der Waals surface area contributed by atoms with Crippen LogP contribution in [0.25, 0.3) is 0 Å². The zero-order valence-electron chi connectivity index (χ0n) is 11.5. The molecule has 6 nitrogen and oxygen atoms in total. The summed E-state index contributed by atoms with van der Waals surface area (Å²) >= 11 is 0. The Morgan fingerprint density at radius 3 is 2.45 bits per heavy atom. The Balaban J connectivity index is 3.34. The van der Waals surface area contributed by atoms with E-state index >= 15 is 0 Å². The van der Waals surface area contributed by atoms with E-state index in [0.29, 0.717) is 6.42 Å². The van der Waals surface area contributed by atoms with Crippen molar-refractivity contribution in [2.75, 3.05) is 19.7 Å². The number of carboxylic acids is 1. The molecule has 0 aliphatic rings. The van der Waals surface area contributed by atoms with E-state index in [0.717, 1.165) is 0 Å². The van der Waals surface area contributed by atoms with Crippen molar-refractivity contribution in [3.8, 4) is 0 Å². The number of hydrogen-bond acceptors (Lipinski definition) is 4. The number of nitrogens with zero attached hydrogens (tertiary/aromatic N) is 1. The molecule has 0 spiro atoms. The number of aliphatic hydroxyl groups is 1. The summed E-state index contributed by atoms with van der Waals surface area (Å²) in [7, 11) is -3.80. The quantitative estimate of drug-likeness (QED) is 0.786. The molecule has 0 heterocycles. The van der Waals surface area contributed by atoms with E-state index in [2.05, 4.69) is 0 Å². The fraction of sp³-hybridized carbons (Fsp3) is 0.462. The van der Waals surface area contributed by atoms with Gasteiger partial charge in [0, 0.05) is 13.1 Å². The van der Waals surface area contributed by atoms with Crippen LogP contribution in [-0.4, -0.2) is 48.6 Å². The van der Waals surface area contributed by atoms with E-state index in [1.165, 1.54) is 29.4 Å². The second-order valence-corrected chi connectivity index (χ2v) is 6.27. The van der Waals surface area contributed by atoms with Gasteiger partial charge in [-0.05, 0) is 31.0 Å². The fourth-order valence-corrected chi connectivity index (χ4v) is 3.75. The molecule has 7 heteroatoms. The van der Waals surface area contributed by atoms with E-state index in [-0.39, 0.29) is 35.7 Å². The second kappa shape index (κ2) is 6.83. The van der Waals surface area contributed by atoms with Gasteiger partial charge in [-0.3, -0.25) is 0 Å². The van der Waals surface area contributed by atoms with Gasteiger partial charge in [0.2, 0.25) is 10.0 Å². The summed E-state index contributed by atoms with van der Waals surface area (Å²) in [4.78, 5) is 11.0. The minimum absolute atomic E-state index is 0.00703. The average Bonchev–Trinajstić information content (AvgIpc) is 2.38. The third-order valence-corrected chi connectivity index (χ3v) is 5.00. The van der Waals surface area contributed by atoms with Gasteiger partial charge in [-0.15, -0.1) is 0 Å². The summed E-state index contributed by atoms with van der Waals surface area (Å²) in [6.07, 6.45) is 0.608. The maximum atomic E-state index is 12.5. The Kier molecular flexibility index (Phi) is 5.67. The van der Waals surface area contributed by atoms with Crippen LogP contribution in [0.15, 0.2) is 23.1 Å². The maximum absolute atomic E-state index is 12.5. The van der Waals surface area contributed by atoms with Gasteiger partial charge in [0.05, 0.1) is 17.1 Å². The van der Waals surface area contributed by atoms with Gasteiger partial charge in [0.15, 0.2) is 0 Å². The van der Waals surface area contributed by atoms with Crippen molar-refractivity contribution in [2.45, 2.75) is 25.2 Å². The molecule has 0 fully saturated rings. The Labute approximate surface area is 118 Å². The van der Waals surface area contributed by atoms with Crippen molar-refractivity contribution in [2.24, 2.45) is 0 Å². The van der Waals surface area contributed by atoms with Crippen LogP contribution in [0, 0.1) is 6.92 Å². The van der Waals surface area contributed by atoms with Crippen molar-refractivity contribution in [3.05, 3.63) is 29.3 Å². The molecule has 2 N–H and O–H groups in total. The van der Waals surface area contributed by atoms with Crippen LogP contribution in [0.4, 0.5) is 0 Å². The third kappa shape index (κ3) is 3.36. The molecule has 0 aromatic heterocycles. The van der Waals surface area contributed by atoms with Crippen LogP contribution >= 0.6 is 0 Å². The first-order valence-corrected chi connectivity index (χ1v) is 7.74. The van der Waals surface area contributed by atoms with Crippen molar-refractivity contribution in [1.82, 2.24) is 4.31 Å². The number of carboxylic acid groups (broad SMARTS) is 1. The molecule has 0 radical (unpaired) electrons. The molecule has 112 valence electrons. The van der Waals surface area contributed by atoms with Crippen molar-refractivity contribution in [3.63, 3.8) is 0 Å². The Bertz CT molecular complexity index is 576. The zero-order chi connectivity index (χ0) is 15.3. The Morgan fingerprint density at radius 1 is 1.30 bits per heavy atom. The monoisotopic (exact) mass is 301 g/mol. The number of aliphatic hydroxyl groups excluding tert-OH is 1. The first-order valence-electron chi connectivity index (χ1n) is 6.30. The number of carbonyl (C=O) groups is 1. The molecule has 0 bridgehead atoms. The molecule has 0 saturated heterocycles. The summed E-state index contributed by atoms with van der Waals surface area (Å²) in [5.74, 6) is -1.16. The highest BCUT2D eigenvalue weighted by Gasteiger charge is 2.26. The van der Waals surface area contributed by atoms with Gasteiger partial charge in [0.25, 0.3) is 0 Å². The highest BCUT2D eigenvalue weighted by molar-refractivity contribution is 7.89. The number of hydrogen-bond donors (Lipinski definition) is 2. The molecule has 1 aromatic carbocycles. The summed E-state index contributed by atoms with van der Waals surface area (Å²) < 4.78 is 26.2. The largest absolute Gasteiger partial charge is 0.478 e. The van der Waals surface area contributed by atoms with Gasteiger partial charge in [-0.25, -0.2) is 13.2 Å². The van der Waals surface area contributed by atoms with Gasteiger partial charge < -0.3 is 10.2 Å². The average molecular weight is 301 g/mol. The highest BCUT2D eigenvalue weighted by Crippen LogP contribution is 2.22. The number of aromatic carboxylic acids is 1. The van der Waals surface area contributed by atoms with Crippen LogP contribution < -0.4 is 0 Å². The minimum atomic E-state index is -3.80.